The van der Waals surface area contributed by atoms with Crippen molar-refractivity contribution < 1.29 is 9.53 Å². The first kappa shape index (κ1) is 16.8. The third-order valence-corrected chi connectivity index (χ3v) is 5.15. The molecule has 1 aliphatic heterocycles. The van der Waals surface area contributed by atoms with Gasteiger partial charge in [0.15, 0.2) is 6.10 Å². The fourth-order valence-electron chi connectivity index (χ4n) is 3.01. The van der Waals surface area contributed by atoms with Gasteiger partial charge >= 0.3 is 0 Å². The predicted molar refractivity (Wildman–Crippen MR) is 94.6 cm³/mol. The fourth-order valence-corrected chi connectivity index (χ4v) is 3.39. The van der Waals surface area contributed by atoms with Gasteiger partial charge in [-0.25, -0.2) is 0 Å². The molecule has 1 saturated heterocycles. The number of hydrogen-bond donors (Lipinski definition) is 1. The molecule has 1 aliphatic carbocycles. The van der Waals surface area contributed by atoms with Crippen LogP contribution in [-0.2, 0) is 4.79 Å². The van der Waals surface area contributed by atoms with Gasteiger partial charge in [-0.05, 0) is 63.3 Å². The lowest BCUT2D eigenvalue weighted by Crippen LogP contribution is -2.48. The zero-order chi connectivity index (χ0) is 16.2. The number of benzene rings is 1. The Kier molecular flexibility index (Phi) is 5.59. The molecule has 1 saturated carbocycles. The average Bonchev–Trinajstić information content (AvgIpc) is 3.37. The van der Waals surface area contributed by atoms with E-state index < -0.39 is 6.10 Å². The molecule has 1 aromatic rings. The molecule has 0 aromatic heterocycles. The van der Waals surface area contributed by atoms with Gasteiger partial charge in [-0.2, -0.15) is 0 Å². The number of halogens is 1. The highest BCUT2D eigenvalue weighted by molar-refractivity contribution is 9.10. The Bertz CT molecular complexity index is 540. The van der Waals surface area contributed by atoms with Crippen molar-refractivity contribution in [3.05, 3.63) is 28.7 Å². The molecular weight excluding hydrogens is 356 g/mol. The summed E-state index contributed by atoms with van der Waals surface area (Å²) in [7, 11) is 0. The molecule has 5 heteroatoms. The first-order chi connectivity index (χ1) is 11.1. The molecule has 1 heterocycles. The summed E-state index contributed by atoms with van der Waals surface area (Å²) >= 11 is 3.42. The number of likely N-dealkylation sites (tertiary alicyclic amines) is 1. The van der Waals surface area contributed by atoms with Crippen LogP contribution < -0.4 is 10.1 Å². The summed E-state index contributed by atoms with van der Waals surface area (Å²) in [5.41, 5.74) is 0. The topological polar surface area (TPSA) is 41.6 Å². The Morgan fingerprint density at radius 3 is 2.74 bits per heavy atom. The Morgan fingerprint density at radius 1 is 1.35 bits per heavy atom. The van der Waals surface area contributed by atoms with E-state index in [1.54, 1.807) is 0 Å². The second-order valence-electron chi connectivity index (χ2n) is 6.67. The SMILES string of the molecule is CC(Oc1cccc(Br)c1)C(=O)N1CCC(NCC2CC2)CC1. The molecular formula is C18H25BrN2O2. The van der Waals surface area contributed by atoms with Gasteiger partial charge in [0.05, 0.1) is 0 Å². The maximum absolute atomic E-state index is 12.5. The zero-order valence-electron chi connectivity index (χ0n) is 13.6. The van der Waals surface area contributed by atoms with Gasteiger partial charge in [0.2, 0.25) is 0 Å². The lowest BCUT2D eigenvalue weighted by atomic mass is 10.0. The van der Waals surface area contributed by atoms with Crippen LogP contribution in [0.3, 0.4) is 0 Å². The molecule has 0 bridgehead atoms. The highest BCUT2D eigenvalue weighted by Gasteiger charge is 2.28. The maximum Gasteiger partial charge on any atom is 0.263 e. The van der Waals surface area contributed by atoms with Crippen molar-refractivity contribution in [1.29, 1.82) is 0 Å². The Balaban J connectivity index is 1.44. The second kappa shape index (κ2) is 7.67. The second-order valence-corrected chi connectivity index (χ2v) is 7.58. The van der Waals surface area contributed by atoms with E-state index in [-0.39, 0.29) is 5.91 Å². The standard InChI is InChI=1S/C18H25BrN2O2/c1-13(23-17-4-2-3-15(19)11-17)18(22)21-9-7-16(8-10-21)20-12-14-5-6-14/h2-4,11,13-14,16,20H,5-10,12H2,1H3. The van der Waals surface area contributed by atoms with Gasteiger partial charge in [0, 0.05) is 23.6 Å². The largest absolute Gasteiger partial charge is 0.481 e. The summed E-state index contributed by atoms with van der Waals surface area (Å²) in [6.07, 6.45) is 4.41. The first-order valence-electron chi connectivity index (χ1n) is 8.56. The minimum Gasteiger partial charge on any atom is -0.481 e. The van der Waals surface area contributed by atoms with Crippen molar-refractivity contribution in [2.75, 3.05) is 19.6 Å². The number of ether oxygens (including phenoxy) is 1. The number of carbonyl (C=O) groups is 1. The van der Waals surface area contributed by atoms with Crippen LogP contribution in [0.25, 0.3) is 0 Å². The predicted octanol–water partition coefficient (Wildman–Crippen LogP) is 3.21. The number of amides is 1. The summed E-state index contributed by atoms with van der Waals surface area (Å²) in [5, 5.41) is 3.64. The first-order valence-corrected chi connectivity index (χ1v) is 9.35. The monoisotopic (exact) mass is 380 g/mol. The normalized spacial score (nSPS) is 20.3. The van der Waals surface area contributed by atoms with Crippen molar-refractivity contribution >= 4 is 21.8 Å². The molecule has 126 valence electrons. The summed E-state index contributed by atoms with van der Waals surface area (Å²) in [5.74, 6) is 1.72. The van der Waals surface area contributed by atoms with Gasteiger partial charge in [0.25, 0.3) is 5.91 Å². The van der Waals surface area contributed by atoms with Crippen LogP contribution in [0.4, 0.5) is 0 Å². The summed E-state index contributed by atoms with van der Waals surface area (Å²) in [4.78, 5) is 14.5. The number of nitrogens with zero attached hydrogens (tertiary/aromatic N) is 1. The number of hydrogen-bond acceptors (Lipinski definition) is 3. The fraction of sp³-hybridized carbons (Fsp3) is 0.611. The van der Waals surface area contributed by atoms with Crippen molar-refractivity contribution in [2.24, 2.45) is 5.92 Å². The van der Waals surface area contributed by atoms with Crippen molar-refractivity contribution in [1.82, 2.24) is 10.2 Å². The van der Waals surface area contributed by atoms with Crippen LogP contribution in [0, 0.1) is 5.92 Å². The zero-order valence-corrected chi connectivity index (χ0v) is 15.2. The molecule has 0 radical (unpaired) electrons. The van der Waals surface area contributed by atoms with Crippen LogP contribution >= 0.6 is 15.9 Å². The van der Waals surface area contributed by atoms with Crippen LogP contribution in [0.15, 0.2) is 28.7 Å². The van der Waals surface area contributed by atoms with Gasteiger partial charge in [-0.15, -0.1) is 0 Å². The molecule has 2 fully saturated rings. The van der Waals surface area contributed by atoms with E-state index in [4.69, 9.17) is 4.74 Å². The molecule has 23 heavy (non-hydrogen) atoms. The molecule has 1 N–H and O–H groups in total. The lowest BCUT2D eigenvalue weighted by molar-refractivity contribution is -0.139. The molecule has 1 amide bonds. The van der Waals surface area contributed by atoms with Gasteiger partial charge in [-0.3, -0.25) is 4.79 Å². The summed E-state index contributed by atoms with van der Waals surface area (Å²) < 4.78 is 6.74. The lowest BCUT2D eigenvalue weighted by Gasteiger charge is -2.34. The van der Waals surface area contributed by atoms with E-state index in [1.807, 2.05) is 36.1 Å². The average molecular weight is 381 g/mol. The number of nitrogens with one attached hydrogen (secondary N) is 1. The van der Waals surface area contributed by atoms with Gasteiger partial charge < -0.3 is 15.0 Å². The number of piperidine rings is 1. The summed E-state index contributed by atoms with van der Waals surface area (Å²) in [6.45, 7) is 4.64. The Hall–Kier alpha value is -1.07. The van der Waals surface area contributed by atoms with Crippen molar-refractivity contribution in [3.63, 3.8) is 0 Å². The van der Waals surface area contributed by atoms with E-state index >= 15 is 0 Å². The van der Waals surface area contributed by atoms with Crippen molar-refractivity contribution in [3.8, 4) is 5.75 Å². The minimum atomic E-state index is -0.444. The Morgan fingerprint density at radius 2 is 2.09 bits per heavy atom. The highest BCUT2D eigenvalue weighted by Crippen LogP contribution is 2.28. The number of rotatable bonds is 6. The molecule has 1 aromatic carbocycles. The van der Waals surface area contributed by atoms with E-state index in [1.165, 1.54) is 12.8 Å². The van der Waals surface area contributed by atoms with E-state index in [0.717, 1.165) is 48.6 Å². The molecule has 2 aliphatic rings. The van der Waals surface area contributed by atoms with Crippen LogP contribution in [-0.4, -0.2) is 42.6 Å². The van der Waals surface area contributed by atoms with Crippen molar-refractivity contribution in [2.45, 2.75) is 44.8 Å². The smallest absolute Gasteiger partial charge is 0.263 e. The molecule has 1 atom stereocenters. The van der Waals surface area contributed by atoms with Crippen LogP contribution in [0.2, 0.25) is 0 Å². The number of carbonyl (C=O) groups excluding carboxylic acids is 1. The Labute approximate surface area is 146 Å². The minimum absolute atomic E-state index is 0.0885. The maximum atomic E-state index is 12.5. The molecule has 1 unspecified atom stereocenters. The highest BCUT2D eigenvalue weighted by atomic mass is 79.9. The van der Waals surface area contributed by atoms with E-state index in [9.17, 15) is 4.79 Å². The molecule has 4 nitrogen and oxygen atoms in total. The van der Waals surface area contributed by atoms with Crippen LogP contribution in [0.1, 0.15) is 32.6 Å². The van der Waals surface area contributed by atoms with E-state index in [2.05, 4.69) is 21.2 Å². The van der Waals surface area contributed by atoms with Gasteiger partial charge in [0.1, 0.15) is 5.75 Å². The third-order valence-electron chi connectivity index (χ3n) is 4.66. The van der Waals surface area contributed by atoms with E-state index in [0.29, 0.717) is 6.04 Å². The van der Waals surface area contributed by atoms with Gasteiger partial charge in [-0.1, -0.05) is 22.0 Å². The van der Waals surface area contributed by atoms with Crippen LogP contribution in [0.5, 0.6) is 5.75 Å². The third kappa shape index (κ3) is 4.95. The summed E-state index contributed by atoms with van der Waals surface area (Å²) in [6, 6.07) is 8.19. The molecule has 3 rings (SSSR count). The molecule has 0 spiro atoms. The quantitative estimate of drug-likeness (QED) is 0.823.